The summed E-state index contributed by atoms with van der Waals surface area (Å²) in [6.45, 7) is 3.06. The highest BCUT2D eigenvalue weighted by Gasteiger charge is 2.13. The molecule has 2 rings (SSSR count). The first-order valence-corrected chi connectivity index (χ1v) is 6.42. The van der Waals surface area contributed by atoms with Crippen LogP contribution in [0.3, 0.4) is 0 Å². The first-order chi connectivity index (χ1) is 7.81. The van der Waals surface area contributed by atoms with Crippen LogP contribution in [-0.2, 0) is 6.42 Å². The molecule has 1 fully saturated rings. The first kappa shape index (κ1) is 11.7. The monoisotopic (exact) mass is 238 g/mol. The maximum Gasteiger partial charge on any atom is 0.0458 e. The van der Waals surface area contributed by atoms with Crippen LogP contribution in [0.4, 0.5) is 5.69 Å². The molecule has 0 aliphatic carbocycles. The molecule has 0 spiro atoms. The second-order valence-corrected chi connectivity index (χ2v) is 4.77. The van der Waals surface area contributed by atoms with Gasteiger partial charge in [0.2, 0.25) is 0 Å². The number of hydrogen-bond donors (Lipinski definition) is 1. The van der Waals surface area contributed by atoms with Crippen LogP contribution in [0.1, 0.15) is 24.8 Å². The van der Waals surface area contributed by atoms with Gasteiger partial charge in [-0.3, -0.25) is 0 Å². The fourth-order valence-electron chi connectivity index (χ4n) is 2.20. The van der Waals surface area contributed by atoms with Crippen LogP contribution in [0.2, 0.25) is 5.02 Å². The molecule has 1 aromatic rings. The Bertz CT molecular complexity index is 346. The van der Waals surface area contributed by atoms with Crippen LogP contribution in [0.25, 0.3) is 0 Å². The average molecular weight is 239 g/mol. The van der Waals surface area contributed by atoms with Crippen molar-refractivity contribution in [2.75, 3.05) is 24.5 Å². The maximum atomic E-state index is 6.28. The number of anilines is 1. The summed E-state index contributed by atoms with van der Waals surface area (Å²) in [5, 5.41) is 0.887. The second-order valence-electron chi connectivity index (χ2n) is 4.36. The SMILES string of the molecule is NCCCc1ccc(N2CCCC2)cc1Cl. The summed E-state index contributed by atoms with van der Waals surface area (Å²) >= 11 is 6.28. The Kier molecular flexibility index (Phi) is 4.08. The van der Waals surface area contributed by atoms with Crippen molar-refractivity contribution in [3.05, 3.63) is 28.8 Å². The molecule has 0 aromatic heterocycles. The minimum atomic E-state index is 0.726. The molecule has 0 atom stereocenters. The van der Waals surface area contributed by atoms with Crippen LogP contribution in [0.5, 0.6) is 0 Å². The molecular formula is C13H19ClN2. The zero-order valence-electron chi connectivity index (χ0n) is 9.58. The van der Waals surface area contributed by atoms with Crippen molar-refractivity contribution in [1.29, 1.82) is 0 Å². The fraction of sp³-hybridized carbons (Fsp3) is 0.538. The molecule has 0 amide bonds. The third-order valence-electron chi connectivity index (χ3n) is 3.16. The molecule has 1 aliphatic rings. The predicted molar refractivity (Wildman–Crippen MR) is 70.3 cm³/mol. The molecule has 3 heteroatoms. The number of nitrogens with zero attached hydrogens (tertiary/aromatic N) is 1. The molecule has 1 saturated heterocycles. The Morgan fingerprint density at radius 3 is 2.62 bits per heavy atom. The van der Waals surface area contributed by atoms with Gasteiger partial charge in [0.1, 0.15) is 0 Å². The number of nitrogens with two attached hydrogens (primary N) is 1. The van der Waals surface area contributed by atoms with Crippen molar-refractivity contribution < 1.29 is 0 Å². The van der Waals surface area contributed by atoms with E-state index in [1.165, 1.54) is 37.2 Å². The minimum absolute atomic E-state index is 0.726. The molecule has 2 nitrogen and oxygen atoms in total. The molecule has 1 heterocycles. The van der Waals surface area contributed by atoms with E-state index in [4.69, 9.17) is 17.3 Å². The molecule has 16 heavy (non-hydrogen) atoms. The van der Waals surface area contributed by atoms with Gasteiger partial charge in [-0.15, -0.1) is 0 Å². The van der Waals surface area contributed by atoms with E-state index in [1.54, 1.807) is 0 Å². The Hall–Kier alpha value is -0.730. The number of hydrogen-bond acceptors (Lipinski definition) is 2. The summed E-state index contributed by atoms with van der Waals surface area (Å²) in [6.07, 6.45) is 4.58. The molecule has 1 aromatic carbocycles. The van der Waals surface area contributed by atoms with E-state index in [0.717, 1.165) is 24.4 Å². The van der Waals surface area contributed by atoms with Gasteiger partial charge in [-0.05, 0) is 49.9 Å². The molecule has 2 N–H and O–H groups in total. The number of halogens is 1. The van der Waals surface area contributed by atoms with E-state index in [2.05, 4.69) is 23.1 Å². The van der Waals surface area contributed by atoms with E-state index < -0.39 is 0 Å². The van der Waals surface area contributed by atoms with Gasteiger partial charge < -0.3 is 10.6 Å². The third-order valence-corrected chi connectivity index (χ3v) is 3.51. The van der Waals surface area contributed by atoms with E-state index >= 15 is 0 Å². The van der Waals surface area contributed by atoms with Gasteiger partial charge in [-0.2, -0.15) is 0 Å². The molecule has 1 aliphatic heterocycles. The van der Waals surface area contributed by atoms with Gasteiger partial charge in [0.05, 0.1) is 0 Å². The van der Waals surface area contributed by atoms with Crippen molar-refractivity contribution >= 4 is 17.3 Å². The zero-order valence-corrected chi connectivity index (χ0v) is 10.3. The topological polar surface area (TPSA) is 29.3 Å². The van der Waals surface area contributed by atoms with Crippen LogP contribution in [-0.4, -0.2) is 19.6 Å². The molecule has 0 radical (unpaired) electrons. The van der Waals surface area contributed by atoms with Gasteiger partial charge in [0.25, 0.3) is 0 Å². The van der Waals surface area contributed by atoms with Crippen molar-refractivity contribution in [1.82, 2.24) is 0 Å². The van der Waals surface area contributed by atoms with Crippen LogP contribution in [0, 0.1) is 0 Å². The smallest absolute Gasteiger partial charge is 0.0458 e. The lowest BCUT2D eigenvalue weighted by molar-refractivity contribution is 0.832. The quantitative estimate of drug-likeness (QED) is 0.874. The molecule has 0 unspecified atom stereocenters. The Labute approximate surface area is 102 Å². The molecule has 0 saturated carbocycles. The number of rotatable bonds is 4. The summed E-state index contributed by atoms with van der Waals surface area (Å²) in [5.74, 6) is 0. The highest BCUT2D eigenvalue weighted by molar-refractivity contribution is 6.31. The van der Waals surface area contributed by atoms with Gasteiger partial charge in [0, 0.05) is 23.8 Å². The standard InChI is InChI=1S/C13H19ClN2/c14-13-10-12(16-8-1-2-9-16)6-5-11(13)4-3-7-15/h5-6,10H,1-4,7-9,15H2. The van der Waals surface area contributed by atoms with E-state index in [-0.39, 0.29) is 0 Å². The highest BCUT2D eigenvalue weighted by atomic mass is 35.5. The number of aryl methyl sites for hydroxylation is 1. The molecule has 0 bridgehead atoms. The maximum absolute atomic E-state index is 6.28. The van der Waals surface area contributed by atoms with Crippen molar-refractivity contribution in [2.24, 2.45) is 5.73 Å². The van der Waals surface area contributed by atoms with Gasteiger partial charge in [-0.1, -0.05) is 17.7 Å². The Morgan fingerprint density at radius 1 is 1.25 bits per heavy atom. The summed E-state index contributed by atoms with van der Waals surface area (Å²) in [5.41, 5.74) is 7.99. The lowest BCUT2D eigenvalue weighted by Gasteiger charge is -2.18. The minimum Gasteiger partial charge on any atom is -0.371 e. The normalized spacial score (nSPS) is 15.8. The summed E-state index contributed by atoms with van der Waals surface area (Å²) in [7, 11) is 0. The third kappa shape index (κ3) is 2.69. The fourth-order valence-corrected chi connectivity index (χ4v) is 2.47. The van der Waals surface area contributed by atoms with Crippen molar-refractivity contribution in [3.63, 3.8) is 0 Å². The predicted octanol–water partition coefficient (Wildman–Crippen LogP) is 2.83. The Balaban J connectivity index is 2.09. The average Bonchev–Trinajstić information content (AvgIpc) is 2.81. The highest BCUT2D eigenvalue weighted by Crippen LogP contribution is 2.26. The van der Waals surface area contributed by atoms with Crippen LogP contribution >= 0.6 is 11.6 Å². The lowest BCUT2D eigenvalue weighted by Crippen LogP contribution is -2.17. The van der Waals surface area contributed by atoms with Crippen molar-refractivity contribution in [2.45, 2.75) is 25.7 Å². The summed E-state index contributed by atoms with van der Waals surface area (Å²) < 4.78 is 0. The molecular weight excluding hydrogens is 220 g/mol. The van der Waals surface area contributed by atoms with Gasteiger partial charge >= 0.3 is 0 Å². The van der Waals surface area contributed by atoms with Crippen LogP contribution in [0.15, 0.2) is 18.2 Å². The summed E-state index contributed by atoms with van der Waals surface area (Å²) in [4.78, 5) is 2.40. The largest absolute Gasteiger partial charge is 0.371 e. The van der Waals surface area contributed by atoms with E-state index in [1.807, 2.05) is 0 Å². The van der Waals surface area contributed by atoms with Crippen molar-refractivity contribution in [3.8, 4) is 0 Å². The van der Waals surface area contributed by atoms with Gasteiger partial charge in [0.15, 0.2) is 0 Å². The van der Waals surface area contributed by atoms with E-state index in [0.29, 0.717) is 0 Å². The van der Waals surface area contributed by atoms with Crippen LogP contribution < -0.4 is 10.6 Å². The second kappa shape index (κ2) is 5.55. The first-order valence-electron chi connectivity index (χ1n) is 6.04. The molecule has 88 valence electrons. The number of benzene rings is 1. The zero-order chi connectivity index (χ0) is 11.4. The van der Waals surface area contributed by atoms with E-state index in [9.17, 15) is 0 Å². The lowest BCUT2D eigenvalue weighted by atomic mass is 10.1. The Morgan fingerprint density at radius 2 is 2.00 bits per heavy atom. The van der Waals surface area contributed by atoms with Gasteiger partial charge in [-0.25, -0.2) is 0 Å². The summed E-state index contributed by atoms with van der Waals surface area (Å²) in [6, 6.07) is 6.42.